The third-order valence-electron chi connectivity index (χ3n) is 3.12. The number of pyridine rings is 1. The molecule has 1 rings (SSSR count). The lowest BCUT2D eigenvalue weighted by Crippen LogP contribution is -2.46. The summed E-state index contributed by atoms with van der Waals surface area (Å²) in [6.45, 7) is 4.17. The van der Waals surface area contributed by atoms with Gasteiger partial charge in [0.1, 0.15) is 11.9 Å². The highest BCUT2D eigenvalue weighted by Gasteiger charge is 2.23. The van der Waals surface area contributed by atoms with Crippen LogP contribution in [0.25, 0.3) is 0 Å². The molecule has 8 heteroatoms. The first-order valence-electron chi connectivity index (χ1n) is 7.46. The normalized spacial score (nSPS) is 13.0. The van der Waals surface area contributed by atoms with Crippen molar-refractivity contribution in [3.8, 4) is 0 Å². The van der Waals surface area contributed by atoms with Crippen LogP contribution in [0.3, 0.4) is 0 Å². The lowest BCUT2D eigenvalue weighted by atomic mass is 10.0. The minimum atomic E-state index is -3.45. The van der Waals surface area contributed by atoms with Crippen LogP contribution in [0.5, 0.6) is 0 Å². The fraction of sp³-hybridized carbons (Fsp3) is 0.600. The van der Waals surface area contributed by atoms with Crippen LogP contribution < -0.4 is 14.9 Å². The van der Waals surface area contributed by atoms with Crippen molar-refractivity contribution in [3.05, 3.63) is 23.9 Å². The average molecular weight is 342 g/mol. The van der Waals surface area contributed by atoms with Crippen molar-refractivity contribution in [2.24, 2.45) is 5.92 Å². The van der Waals surface area contributed by atoms with Crippen LogP contribution in [0.15, 0.2) is 18.3 Å². The largest absolute Gasteiger partial charge is 0.362 e. The first-order valence-corrected chi connectivity index (χ1v) is 9.35. The second-order valence-electron chi connectivity index (χ2n) is 6.17. The van der Waals surface area contributed by atoms with Crippen LogP contribution in [-0.2, 0) is 21.4 Å². The highest BCUT2D eigenvalue weighted by Crippen LogP contribution is 2.14. The van der Waals surface area contributed by atoms with Crippen molar-refractivity contribution in [2.75, 3.05) is 25.3 Å². The number of carbonyl (C=O) groups excluding carboxylic acids is 1. The monoisotopic (exact) mass is 342 g/mol. The molecule has 23 heavy (non-hydrogen) atoms. The smallest absolute Gasteiger partial charge is 0.238 e. The second-order valence-corrected chi connectivity index (χ2v) is 7.95. The Morgan fingerprint density at radius 2 is 2.00 bits per heavy atom. The molecular weight excluding hydrogens is 316 g/mol. The Labute approximate surface area is 138 Å². The average Bonchev–Trinajstić information content (AvgIpc) is 2.42. The molecule has 0 aliphatic carbocycles. The van der Waals surface area contributed by atoms with Crippen molar-refractivity contribution < 1.29 is 13.2 Å². The molecule has 1 amide bonds. The van der Waals surface area contributed by atoms with E-state index in [0.717, 1.165) is 17.6 Å². The van der Waals surface area contributed by atoms with E-state index in [1.54, 1.807) is 12.3 Å². The quantitative estimate of drug-likeness (QED) is 0.727. The molecule has 0 spiro atoms. The zero-order valence-corrected chi connectivity index (χ0v) is 15.1. The number of sulfonamides is 1. The van der Waals surface area contributed by atoms with E-state index in [1.807, 2.05) is 38.9 Å². The molecule has 0 aliphatic heterocycles. The van der Waals surface area contributed by atoms with E-state index in [0.29, 0.717) is 13.0 Å². The Bertz CT molecular complexity index is 629. The Hall–Kier alpha value is -1.67. The van der Waals surface area contributed by atoms with Crippen molar-refractivity contribution in [3.63, 3.8) is 0 Å². The summed E-state index contributed by atoms with van der Waals surface area (Å²) in [5.41, 5.74) is 0.869. The summed E-state index contributed by atoms with van der Waals surface area (Å²) in [6.07, 6.45) is 3.18. The Kier molecular flexibility index (Phi) is 6.96. The summed E-state index contributed by atoms with van der Waals surface area (Å²) >= 11 is 0. The Balaban J connectivity index is 2.79. The maximum Gasteiger partial charge on any atom is 0.238 e. The lowest BCUT2D eigenvalue weighted by molar-refractivity contribution is -0.123. The van der Waals surface area contributed by atoms with Gasteiger partial charge >= 0.3 is 0 Å². The summed E-state index contributed by atoms with van der Waals surface area (Å²) in [5.74, 6) is 0.623. The fourth-order valence-electron chi connectivity index (χ4n) is 2.21. The van der Waals surface area contributed by atoms with Crippen LogP contribution in [-0.4, -0.2) is 45.7 Å². The van der Waals surface area contributed by atoms with E-state index in [9.17, 15) is 13.2 Å². The number of hydrogen-bond donors (Lipinski definition) is 2. The predicted molar refractivity (Wildman–Crippen MR) is 91.6 cm³/mol. The third-order valence-corrected chi connectivity index (χ3v) is 3.84. The third kappa shape index (κ3) is 6.96. The van der Waals surface area contributed by atoms with Crippen LogP contribution in [0.2, 0.25) is 0 Å². The molecule has 130 valence electrons. The van der Waals surface area contributed by atoms with Gasteiger partial charge in [-0.25, -0.2) is 18.1 Å². The summed E-state index contributed by atoms with van der Waals surface area (Å²) in [4.78, 5) is 18.5. The van der Waals surface area contributed by atoms with Gasteiger partial charge in [0.05, 0.1) is 6.26 Å². The van der Waals surface area contributed by atoms with E-state index in [1.165, 1.54) is 0 Å². The van der Waals surface area contributed by atoms with Crippen molar-refractivity contribution >= 4 is 21.7 Å². The topological polar surface area (TPSA) is 91.4 Å². The van der Waals surface area contributed by atoms with Crippen LogP contribution in [0.4, 0.5) is 5.82 Å². The molecule has 1 atom stereocenters. The highest BCUT2D eigenvalue weighted by molar-refractivity contribution is 7.88. The van der Waals surface area contributed by atoms with Gasteiger partial charge in [-0.05, 0) is 18.4 Å². The van der Waals surface area contributed by atoms with Gasteiger partial charge in [-0.3, -0.25) is 4.79 Å². The van der Waals surface area contributed by atoms with E-state index in [-0.39, 0.29) is 11.8 Å². The number of carbonyl (C=O) groups is 1. The highest BCUT2D eigenvalue weighted by atomic mass is 32.2. The van der Waals surface area contributed by atoms with E-state index in [4.69, 9.17) is 0 Å². The van der Waals surface area contributed by atoms with E-state index >= 15 is 0 Å². The molecule has 1 unspecified atom stereocenters. The number of nitrogens with one attached hydrogen (secondary N) is 2. The van der Waals surface area contributed by atoms with Crippen LogP contribution in [0, 0.1) is 5.92 Å². The van der Waals surface area contributed by atoms with Crippen LogP contribution in [0.1, 0.15) is 25.8 Å². The summed E-state index contributed by atoms with van der Waals surface area (Å²) in [5, 5.41) is 2.79. The molecule has 1 aromatic heterocycles. The number of aromatic nitrogens is 1. The fourth-order valence-corrected chi connectivity index (χ4v) is 2.94. The summed E-state index contributed by atoms with van der Waals surface area (Å²) in [6, 6.07) is 2.91. The zero-order chi connectivity index (χ0) is 17.6. The molecular formula is C15H26N4O3S. The molecule has 1 aromatic rings. The molecule has 0 saturated heterocycles. The van der Waals surface area contributed by atoms with Gasteiger partial charge < -0.3 is 10.2 Å². The number of anilines is 1. The summed E-state index contributed by atoms with van der Waals surface area (Å²) < 4.78 is 25.3. The molecule has 0 saturated carbocycles. The van der Waals surface area contributed by atoms with Crippen LogP contribution >= 0.6 is 0 Å². The maximum absolute atomic E-state index is 12.3. The lowest BCUT2D eigenvalue weighted by Gasteiger charge is -2.20. The number of nitrogens with zero attached hydrogens (tertiary/aromatic N) is 2. The molecule has 2 N–H and O–H groups in total. The van der Waals surface area contributed by atoms with E-state index in [2.05, 4.69) is 15.0 Å². The SMILES string of the molecule is CC(C)CC(NS(C)(=O)=O)C(=O)NCc1cccnc1N(C)C. The van der Waals surface area contributed by atoms with Crippen molar-refractivity contribution in [1.29, 1.82) is 0 Å². The molecule has 0 bridgehead atoms. The molecule has 1 heterocycles. The Morgan fingerprint density at radius 1 is 1.35 bits per heavy atom. The van der Waals surface area contributed by atoms with Crippen molar-refractivity contribution in [1.82, 2.24) is 15.0 Å². The van der Waals surface area contributed by atoms with Gasteiger partial charge in [0.25, 0.3) is 0 Å². The first kappa shape index (κ1) is 19.4. The van der Waals surface area contributed by atoms with Gasteiger partial charge in [0.2, 0.25) is 15.9 Å². The van der Waals surface area contributed by atoms with Gasteiger partial charge in [-0.2, -0.15) is 0 Å². The molecule has 0 radical (unpaired) electrons. The number of rotatable bonds is 8. The molecule has 0 aromatic carbocycles. The maximum atomic E-state index is 12.3. The molecule has 0 aliphatic rings. The standard InChI is InChI=1S/C15H26N4O3S/c1-11(2)9-13(18-23(5,21)22)15(20)17-10-12-7-6-8-16-14(12)19(3)4/h6-8,11,13,18H,9-10H2,1-5H3,(H,17,20). The van der Waals surface area contributed by atoms with Crippen molar-refractivity contribution in [2.45, 2.75) is 32.9 Å². The van der Waals surface area contributed by atoms with E-state index < -0.39 is 16.1 Å². The molecule has 7 nitrogen and oxygen atoms in total. The number of amides is 1. The Morgan fingerprint density at radius 3 is 2.52 bits per heavy atom. The molecule has 0 fully saturated rings. The first-order chi connectivity index (χ1) is 10.6. The number of hydrogen-bond acceptors (Lipinski definition) is 5. The zero-order valence-electron chi connectivity index (χ0n) is 14.3. The minimum absolute atomic E-state index is 0.190. The van der Waals surface area contributed by atoms with Gasteiger partial charge in [-0.1, -0.05) is 19.9 Å². The van der Waals surface area contributed by atoms with Gasteiger partial charge in [-0.15, -0.1) is 0 Å². The van der Waals surface area contributed by atoms with Gasteiger partial charge in [0, 0.05) is 32.4 Å². The predicted octanol–water partition coefficient (Wildman–Crippen LogP) is 0.728. The van der Waals surface area contributed by atoms with Gasteiger partial charge in [0.15, 0.2) is 0 Å². The second kappa shape index (κ2) is 8.26. The summed E-state index contributed by atoms with van der Waals surface area (Å²) in [7, 11) is 0.301. The minimum Gasteiger partial charge on any atom is -0.362 e.